The highest BCUT2D eigenvalue weighted by Crippen LogP contribution is 2.21. The van der Waals surface area contributed by atoms with Gasteiger partial charge in [0, 0.05) is 17.6 Å². The van der Waals surface area contributed by atoms with Crippen LogP contribution in [0.3, 0.4) is 0 Å². The van der Waals surface area contributed by atoms with Crippen LogP contribution in [0.2, 0.25) is 5.02 Å². The first-order valence-electron chi connectivity index (χ1n) is 7.85. The van der Waals surface area contributed by atoms with Gasteiger partial charge in [0.1, 0.15) is 11.5 Å². The third-order valence-electron chi connectivity index (χ3n) is 3.54. The van der Waals surface area contributed by atoms with Gasteiger partial charge in [0.05, 0.1) is 5.02 Å². The lowest BCUT2D eigenvalue weighted by atomic mass is 10.1. The van der Waals surface area contributed by atoms with Crippen molar-refractivity contribution in [3.8, 4) is 0 Å². The fraction of sp³-hybridized carbons (Fsp3) is 0.105. The monoisotopic (exact) mass is 370 g/mol. The summed E-state index contributed by atoms with van der Waals surface area (Å²) in [6.07, 6.45) is 1.47. The number of carbonyl (C=O) groups is 1. The average Bonchev–Trinajstić information content (AvgIpc) is 2.57. The van der Waals surface area contributed by atoms with Crippen molar-refractivity contribution in [1.82, 2.24) is 9.97 Å². The molecule has 0 atom stereocenters. The Balaban J connectivity index is 1.77. The molecular weight excluding hydrogens is 355 g/mol. The zero-order valence-corrected chi connectivity index (χ0v) is 14.9. The second-order valence-corrected chi connectivity index (χ2v) is 6.26. The van der Waals surface area contributed by atoms with Crippen LogP contribution in [0.5, 0.6) is 0 Å². The molecule has 0 spiro atoms. The Bertz CT molecular complexity index is 957. The molecule has 1 aromatic heterocycles. The van der Waals surface area contributed by atoms with Crippen molar-refractivity contribution < 1.29 is 9.18 Å². The van der Waals surface area contributed by atoms with Gasteiger partial charge >= 0.3 is 0 Å². The van der Waals surface area contributed by atoms with Gasteiger partial charge in [0.15, 0.2) is 0 Å². The Morgan fingerprint density at radius 3 is 2.46 bits per heavy atom. The topological polar surface area (TPSA) is 66.9 Å². The van der Waals surface area contributed by atoms with E-state index in [1.54, 1.807) is 0 Å². The Morgan fingerprint density at radius 2 is 1.77 bits per heavy atom. The quantitative estimate of drug-likeness (QED) is 0.686. The highest BCUT2D eigenvalue weighted by molar-refractivity contribution is 6.31. The minimum absolute atomic E-state index is 0.0151. The van der Waals surface area contributed by atoms with E-state index in [4.69, 9.17) is 11.6 Å². The number of benzene rings is 2. The third kappa shape index (κ3) is 4.34. The molecule has 1 amide bonds. The SMILES string of the molecule is Cc1cc(C)cc(NC(=O)c2ccnc(Nc3ccc(F)c(Cl)c3)n2)c1. The first-order valence-corrected chi connectivity index (χ1v) is 8.23. The number of nitrogens with one attached hydrogen (secondary N) is 2. The van der Waals surface area contributed by atoms with Gasteiger partial charge in [0.2, 0.25) is 5.95 Å². The molecule has 2 aromatic carbocycles. The van der Waals surface area contributed by atoms with Crippen molar-refractivity contribution in [3.05, 3.63) is 76.3 Å². The fourth-order valence-electron chi connectivity index (χ4n) is 2.49. The molecular formula is C19H16ClFN4O. The molecule has 1 heterocycles. The van der Waals surface area contributed by atoms with E-state index in [9.17, 15) is 9.18 Å². The summed E-state index contributed by atoms with van der Waals surface area (Å²) in [7, 11) is 0. The van der Waals surface area contributed by atoms with Crippen LogP contribution >= 0.6 is 11.6 Å². The van der Waals surface area contributed by atoms with E-state index in [1.807, 2.05) is 32.0 Å². The number of amides is 1. The molecule has 0 radical (unpaired) electrons. The molecule has 132 valence electrons. The van der Waals surface area contributed by atoms with Crippen molar-refractivity contribution in [1.29, 1.82) is 0 Å². The number of carbonyl (C=O) groups excluding carboxylic acids is 1. The van der Waals surface area contributed by atoms with Gasteiger partial charge in [-0.25, -0.2) is 14.4 Å². The Hall–Kier alpha value is -2.99. The van der Waals surface area contributed by atoms with E-state index in [0.717, 1.165) is 11.1 Å². The van der Waals surface area contributed by atoms with Crippen LogP contribution < -0.4 is 10.6 Å². The molecule has 5 nitrogen and oxygen atoms in total. The van der Waals surface area contributed by atoms with Crippen LogP contribution in [0.25, 0.3) is 0 Å². The van der Waals surface area contributed by atoms with Crippen LogP contribution in [0, 0.1) is 19.7 Å². The molecule has 0 aliphatic rings. The number of anilines is 3. The van der Waals surface area contributed by atoms with E-state index < -0.39 is 5.82 Å². The molecule has 0 saturated heterocycles. The second kappa shape index (κ2) is 7.49. The number of hydrogen-bond acceptors (Lipinski definition) is 4. The minimum atomic E-state index is -0.514. The molecule has 0 unspecified atom stereocenters. The van der Waals surface area contributed by atoms with Gasteiger partial charge in [0.25, 0.3) is 5.91 Å². The average molecular weight is 371 g/mol. The highest BCUT2D eigenvalue weighted by Gasteiger charge is 2.10. The molecule has 0 bridgehead atoms. The number of rotatable bonds is 4. The predicted molar refractivity (Wildman–Crippen MR) is 101 cm³/mol. The van der Waals surface area contributed by atoms with Gasteiger partial charge < -0.3 is 10.6 Å². The molecule has 0 aliphatic heterocycles. The number of aromatic nitrogens is 2. The summed E-state index contributed by atoms with van der Waals surface area (Å²) in [6, 6.07) is 11.5. The van der Waals surface area contributed by atoms with E-state index in [-0.39, 0.29) is 22.6 Å². The van der Waals surface area contributed by atoms with Crippen molar-refractivity contribution in [3.63, 3.8) is 0 Å². The normalized spacial score (nSPS) is 10.5. The maximum Gasteiger partial charge on any atom is 0.274 e. The third-order valence-corrected chi connectivity index (χ3v) is 3.83. The van der Waals surface area contributed by atoms with Crippen LogP contribution in [0.4, 0.5) is 21.7 Å². The van der Waals surface area contributed by atoms with Crippen LogP contribution in [0.15, 0.2) is 48.7 Å². The van der Waals surface area contributed by atoms with Gasteiger partial charge in [-0.1, -0.05) is 17.7 Å². The molecule has 0 saturated carbocycles. The van der Waals surface area contributed by atoms with Crippen molar-refractivity contribution in [2.45, 2.75) is 13.8 Å². The van der Waals surface area contributed by atoms with E-state index in [1.165, 1.54) is 30.5 Å². The number of nitrogens with zero attached hydrogens (tertiary/aromatic N) is 2. The predicted octanol–water partition coefficient (Wildman–Crippen LogP) is 4.88. The zero-order valence-electron chi connectivity index (χ0n) is 14.2. The highest BCUT2D eigenvalue weighted by atomic mass is 35.5. The van der Waals surface area contributed by atoms with Gasteiger partial charge in [-0.3, -0.25) is 4.79 Å². The Labute approximate surface area is 155 Å². The summed E-state index contributed by atoms with van der Waals surface area (Å²) in [5, 5.41) is 5.70. The minimum Gasteiger partial charge on any atom is -0.324 e. The molecule has 0 aliphatic carbocycles. The lowest BCUT2D eigenvalue weighted by molar-refractivity contribution is 0.102. The second-order valence-electron chi connectivity index (χ2n) is 5.85. The number of halogens is 2. The standard InChI is InChI=1S/C19H16ClFN4O/c1-11-7-12(2)9-14(8-11)23-18(26)17-5-6-22-19(25-17)24-13-3-4-16(21)15(20)10-13/h3-10H,1-2H3,(H,23,26)(H,22,24,25). The smallest absolute Gasteiger partial charge is 0.274 e. The summed E-state index contributed by atoms with van der Waals surface area (Å²) < 4.78 is 13.2. The molecule has 26 heavy (non-hydrogen) atoms. The number of hydrogen-bond donors (Lipinski definition) is 2. The van der Waals surface area contributed by atoms with E-state index in [2.05, 4.69) is 20.6 Å². The maximum absolute atomic E-state index is 13.2. The van der Waals surface area contributed by atoms with Crippen LogP contribution in [-0.2, 0) is 0 Å². The number of aryl methyl sites for hydroxylation is 2. The summed E-state index contributed by atoms with van der Waals surface area (Å²) in [4.78, 5) is 20.7. The molecule has 3 aromatic rings. The Morgan fingerprint density at radius 1 is 1.04 bits per heavy atom. The lowest BCUT2D eigenvalue weighted by Gasteiger charge is -2.09. The summed E-state index contributed by atoms with van der Waals surface area (Å²) in [6.45, 7) is 3.92. The molecule has 7 heteroatoms. The van der Waals surface area contributed by atoms with E-state index >= 15 is 0 Å². The zero-order chi connectivity index (χ0) is 18.7. The summed E-state index contributed by atoms with van der Waals surface area (Å²) in [5.74, 6) is -0.655. The van der Waals surface area contributed by atoms with Gasteiger partial charge in [-0.15, -0.1) is 0 Å². The molecule has 3 rings (SSSR count). The van der Waals surface area contributed by atoms with Crippen molar-refractivity contribution in [2.75, 3.05) is 10.6 Å². The first-order chi connectivity index (χ1) is 12.4. The van der Waals surface area contributed by atoms with Crippen LogP contribution in [0.1, 0.15) is 21.6 Å². The van der Waals surface area contributed by atoms with E-state index in [0.29, 0.717) is 11.4 Å². The fourth-order valence-corrected chi connectivity index (χ4v) is 2.67. The van der Waals surface area contributed by atoms with Crippen molar-refractivity contribution in [2.24, 2.45) is 0 Å². The maximum atomic E-state index is 13.2. The van der Waals surface area contributed by atoms with Crippen molar-refractivity contribution >= 4 is 34.8 Å². The van der Waals surface area contributed by atoms with Gasteiger partial charge in [-0.05, 0) is 61.4 Å². The molecule has 0 fully saturated rings. The molecule has 2 N–H and O–H groups in total. The Kier molecular flexibility index (Phi) is 5.14. The lowest BCUT2D eigenvalue weighted by Crippen LogP contribution is -2.15. The summed E-state index contributed by atoms with van der Waals surface area (Å²) >= 11 is 5.76. The summed E-state index contributed by atoms with van der Waals surface area (Å²) in [5.41, 5.74) is 3.53. The van der Waals surface area contributed by atoms with Gasteiger partial charge in [-0.2, -0.15) is 0 Å². The first kappa shape index (κ1) is 17.8. The van der Waals surface area contributed by atoms with Crippen LogP contribution in [-0.4, -0.2) is 15.9 Å². The largest absolute Gasteiger partial charge is 0.324 e.